The molecule has 172 valence electrons. The summed E-state index contributed by atoms with van der Waals surface area (Å²) >= 11 is 6.22. The summed E-state index contributed by atoms with van der Waals surface area (Å²) in [4.78, 5) is 34.8. The lowest BCUT2D eigenvalue weighted by atomic mass is 10.0. The lowest BCUT2D eigenvalue weighted by molar-refractivity contribution is 0.0983. The number of carbonyl (C=O) groups is 1. The Bertz CT molecular complexity index is 1320. The molecule has 1 saturated heterocycles. The number of nitrogen functional groups attached to an aromatic ring is 1. The number of nitrogens with two attached hydrogens (primary N) is 1. The largest absolute Gasteiger partial charge is 0.383 e. The summed E-state index contributed by atoms with van der Waals surface area (Å²) in [6, 6.07) is 11.5. The Labute approximate surface area is 202 Å². The zero-order valence-corrected chi connectivity index (χ0v) is 19.3. The first-order chi connectivity index (χ1) is 16.6. The maximum Gasteiger partial charge on any atom is 0.225 e. The lowest BCUT2D eigenvalue weighted by Gasteiger charge is -2.36. The minimum Gasteiger partial charge on any atom is -0.383 e. The number of rotatable bonds is 6. The molecule has 8 nitrogen and oxygen atoms in total. The summed E-state index contributed by atoms with van der Waals surface area (Å²) in [5, 5.41) is 2.39. The Morgan fingerprint density at radius 2 is 1.71 bits per heavy atom. The van der Waals surface area contributed by atoms with Gasteiger partial charge in [0.2, 0.25) is 5.95 Å². The highest BCUT2D eigenvalue weighted by Crippen LogP contribution is 2.26. The number of carbonyl (C=O) groups excluding carboxylic acids is 1. The SMILES string of the molecule is Nc1nccc2cc(CCC(=O)c3cc(Cl)cnc3N3CCN(c4ncccn4)CC3)ccc12. The number of pyridine rings is 2. The number of Topliss-reactive ketones (excluding diaryl/α,β-unsaturated/α-hetero) is 1. The fourth-order valence-corrected chi connectivity index (χ4v) is 4.42. The smallest absolute Gasteiger partial charge is 0.225 e. The number of ketones is 1. The Balaban J connectivity index is 1.29. The van der Waals surface area contributed by atoms with Crippen LogP contribution >= 0.6 is 11.6 Å². The van der Waals surface area contributed by atoms with Crippen LogP contribution in [0, 0.1) is 0 Å². The van der Waals surface area contributed by atoms with Crippen LogP contribution in [0.4, 0.5) is 17.6 Å². The minimum absolute atomic E-state index is 0.0214. The molecule has 2 N–H and O–H groups in total. The number of fused-ring (bicyclic) bond motifs is 1. The molecule has 34 heavy (non-hydrogen) atoms. The first kappa shape index (κ1) is 22.0. The van der Waals surface area contributed by atoms with Gasteiger partial charge in [-0.1, -0.05) is 29.8 Å². The molecule has 0 saturated carbocycles. The zero-order valence-electron chi connectivity index (χ0n) is 18.6. The van der Waals surface area contributed by atoms with E-state index in [1.807, 2.05) is 18.2 Å². The fourth-order valence-electron chi connectivity index (χ4n) is 4.26. The molecule has 0 spiro atoms. The van der Waals surface area contributed by atoms with Gasteiger partial charge in [0.25, 0.3) is 0 Å². The molecule has 1 aromatic carbocycles. The van der Waals surface area contributed by atoms with Crippen molar-refractivity contribution in [3.63, 3.8) is 0 Å². The minimum atomic E-state index is 0.0214. The van der Waals surface area contributed by atoms with Crippen LogP contribution in [0.2, 0.25) is 5.02 Å². The maximum absolute atomic E-state index is 13.3. The van der Waals surface area contributed by atoms with E-state index >= 15 is 0 Å². The van der Waals surface area contributed by atoms with Gasteiger partial charge in [0, 0.05) is 62.8 Å². The van der Waals surface area contributed by atoms with Gasteiger partial charge in [-0.2, -0.15) is 0 Å². The van der Waals surface area contributed by atoms with E-state index < -0.39 is 0 Å². The Morgan fingerprint density at radius 1 is 0.941 bits per heavy atom. The highest BCUT2D eigenvalue weighted by molar-refractivity contribution is 6.31. The average molecular weight is 474 g/mol. The Morgan fingerprint density at radius 3 is 2.50 bits per heavy atom. The van der Waals surface area contributed by atoms with Crippen LogP contribution < -0.4 is 15.5 Å². The fraction of sp³-hybridized carbons (Fsp3) is 0.240. The third-order valence-electron chi connectivity index (χ3n) is 6.05. The first-order valence-corrected chi connectivity index (χ1v) is 11.5. The van der Waals surface area contributed by atoms with Crippen LogP contribution in [0.15, 0.2) is 61.2 Å². The van der Waals surface area contributed by atoms with Crippen LogP contribution in [0.25, 0.3) is 10.8 Å². The molecule has 1 fully saturated rings. The van der Waals surface area contributed by atoms with Crippen LogP contribution in [0.5, 0.6) is 0 Å². The normalized spacial score (nSPS) is 13.9. The molecule has 5 rings (SSSR count). The number of nitrogens with zero attached hydrogens (tertiary/aromatic N) is 6. The Kier molecular flexibility index (Phi) is 6.22. The number of aromatic nitrogens is 4. The summed E-state index contributed by atoms with van der Waals surface area (Å²) in [7, 11) is 0. The summed E-state index contributed by atoms with van der Waals surface area (Å²) < 4.78 is 0. The van der Waals surface area contributed by atoms with Crippen LogP contribution in [-0.2, 0) is 6.42 Å². The van der Waals surface area contributed by atoms with Crippen molar-refractivity contribution in [1.29, 1.82) is 0 Å². The van der Waals surface area contributed by atoms with Gasteiger partial charge in [-0.3, -0.25) is 4.79 Å². The summed E-state index contributed by atoms with van der Waals surface area (Å²) in [6.07, 6.45) is 7.75. The van der Waals surface area contributed by atoms with Gasteiger partial charge in [0.15, 0.2) is 5.78 Å². The van der Waals surface area contributed by atoms with E-state index in [0.29, 0.717) is 48.2 Å². The predicted octanol–water partition coefficient (Wildman–Crippen LogP) is 3.80. The molecular formula is C25H24ClN7O. The predicted molar refractivity (Wildman–Crippen MR) is 135 cm³/mol. The van der Waals surface area contributed by atoms with Crippen LogP contribution in [0.1, 0.15) is 22.3 Å². The molecular weight excluding hydrogens is 450 g/mol. The molecule has 0 bridgehead atoms. The average Bonchev–Trinajstić information content (AvgIpc) is 2.88. The molecule has 0 aliphatic carbocycles. The number of halogens is 1. The number of piperazine rings is 1. The van der Waals surface area contributed by atoms with Crippen molar-refractivity contribution in [3.8, 4) is 0 Å². The van der Waals surface area contributed by atoms with Crippen molar-refractivity contribution in [2.24, 2.45) is 0 Å². The molecule has 0 unspecified atom stereocenters. The van der Waals surface area contributed by atoms with Gasteiger partial charge in [-0.25, -0.2) is 19.9 Å². The summed E-state index contributed by atoms with van der Waals surface area (Å²) in [5.41, 5.74) is 7.58. The van der Waals surface area contributed by atoms with E-state index in [-0.39, 0.29) is 5.78 Å². The maximum atomic E-state index is 13.3. The zero-order chi connectivity index (χ0) is 23.5. The number of anilines is 3. The van der Waals surface area contributed by atoms with Gasteiger partial charge < -0.3 is 15.5 Å². The van der Waals surface area contributed by atoms with E-state index in [1.165, 1.54) is 0 Å². The molecule has 3 aromatic heterocycles. The number of hydrogen-bond donors (Lipinski definition) is 1. The van der Waals surface area contributed by atoms with Crippen molar-refractivity contribution in [2.45, 2.75) is 12.8 Å². The standard InChI is InChI=1S/C25H24ClN7O/c26-19-15-21(22(34)5-3-17-2-4-20-18(14-17)6-9-28-23(20)27)24(31-16-19)32-10-12-33(13-11-32)25-29-7-1-8-30-25/h1-2,4,6-9,14-16H,3,5,10-13H2,(H2,27,28). The molecule has 1 aliphatic rings. The van der Waals surface area contributed by atoms with Crippen LogP contribution in [-0.4, -0.2) is 51.9 Å². The second-order valence-electron chi connectivity index (χ2n) is 8.22. The number of aryl methyl sites for hydroxylation is 1. The third kappa shape index (κ3) is 4.63. The quantitative estimate of drug-likeness (QED) is 0.422. The lowest BCUT2D eigenvalue weighted by Crippen LogP contribution is -2.47. The van der Waals surface area contributed by atoms with Gasteiger partial charge in [0.05, 0.1) is 10.6 Å². The number of hydrogen-bond acceptors (Lipinski definition) is 8. The van der Waals surface area contributed by atoms with Gasteiger partial charge in [-0.15, -0.1) is 0 Å². The third-order valence-corrected chi connectivity index (χ3v) is 6.25. The summed E-state index contributed by atoms with van der Waals surface area (Å²) in [5.74, 6) is 1.93. The van der Waals surface area contributed by atoms with Crippen molar-refractivity contribution in [1.82, 2.24) is 19.9 Å². The number of benzene rings is 1. The second kappa shape index (κ2) is 9.61. The molecule has 1 aliphatic heterocycles. The molecule has 0 amide bonds. The van der Waals surface area contributed by atoms with E-state index in [9.17, 15) is 4.79 Å². The Hall–Kier alpha value is -3.78. The first-order valence-electron chi connectivity index (χ1n) is 11.2. The molecule has 0 radical (unpaired) electrons. The molecule has 9 heteroatoms. The van der Waals surface area contributed by atoms with E-state index in [4.69, 9.17) is 17.3 Å². The van der Waals surface area contributed by atoms with E-state index in [0.717, 1.165) is 35.4 Å². The molecule has 4 aromatic rings. The van der Waals surface area contributed by atoms with Gasteiger partial charge >= 0.3 is 0 Å². The van der Waals surface area contributed by atoms with Gasteiger partial charge in [0.1, 0.15) is 11.6 Å². The topological polar surface area (TPSA) is 101 Å². The van der Waals surface area contributed by atoms with E-state index in [2.05, 4.69) is 35.8 Å². The highest BCUT2D eigenvalue weighted by Gasteiger charge is 2.24. The van der Waals surface area contributed by atoms with Crippen LogP contribution in [0.3, 0.4) is 0 Å². The molecule has 0 atom stereocenters. The van der Waals surface area contributed by atoms with Crippen molar-refractivity contribution in [3.05, 3.63) is 77.3 Å². The monoisotopic (exact) mass is 473 g/mol. The van der Waals surface area contributed by atoms with E-state index in [1.54, 1.807) is 36.9 Å². The molecule has 4 heterocycles. The van der Waals surface area contributed by atoms with Crippen molar-refractivity contribution < 1.29 is 4.79 Å². The second-order valence-corrected chi connectivity index (χ2v) is 8.66. The van der Waals surface area contributed by atoms with Crippen molar-refractivity contribution >= 4 is 45.7 Å². The highest BCUT2D eigenvalue weighted by atomic mass is 35.5. The summed E-state index contributed by atoms with van der Waals surface area (Å²) in [6.45, 7) is 2.93. The van der Waals surface area contributed by atoms with Gasteiger partial charge in [-0.05, 0) is 35.6 Å². The van der Waals surface area contributed by atoms with Crippen molar-refractivity contribution in [2.75, 3.05) is 41.7 Å².